The number of hydrogen-bond acceptors (Lipinski definition) is 8. The summed E-state index contributed by atoms with van der Waals surface area (Å²) in [6, 6.07) is 4.67. The fourth-order valence-corrected chi connectivity index (χ4v) is 13.2. The molecule has 0 fully saturated rings. The molecule has 0 spiro atoms. The highest BCUT2D eigenvalue weighted by Gasteiger charge is 2.34. The minimum atomic E-state index is -0.547. The molecule has 4 aromatic heterocycles. The van der Waals surface area contributed by atoms with E-state index in [2.05, 4.69) is 88.3 Å². The van der Waals surface area contributed by atoms with E-state index in [9.17, 15) is 4.79 Å². The van der Waals surface area contributed by atoms with Crippen LogP contribution in [-0.2, 0) is 15.6 Å². The molecule has 0 N–H and O–H groups in total. The van der Waals surface area contributed by atoms with Crippen LogP contribution in [0.2, 0.25) is 0 Å². The maximum absolute atomic E-state index is 16.8. The summed E-state index contributed by atoms with van der Waals surface area (Å²) in [5.41, 5.74) is -0.271. The Morgan fingerprint density at radius 2 is 1.20 bits per heavy atom. The number of thiophene rings is 4. The number of fused-ring (bicyclic) bond motifs is 3. The normalized spacial score (nSPS) is 13.5. The number of ether oxygens (including phenoxy) is 3. The largest absolute Gasteiger partial charge is 0.491 e. The summed E-state index contributed by atoms with van der Waals surface area (Å²) in [6.45, 7) is 26.4. The molecule has 60 heavy (non-hydrogen) atoms. The van der Waals surface area contributed by atoms with Gasteiger partial charge in [-0.1, -0.05) is 147 Å². The average molecular weight is 899 g/mol. The van der Waals surface area contributed by atoms with Gasteiger partial charge in [-0.2, -0.15) is 0 Å². The van der Waals surface area contributed by atoms with E-state index in [1.807, 2.05) is 11.3 Å². The summed E-state index contributed by atoms with van der Waals surface area (Å²) < 4.78 is 39.8. The molecule has 4 nitrogen and oxygen atoms in total. The molecule has 0 saturated carbocycles. The third-order valence-corrected chi connectivity index (χ3v) is 18.7. The van der Waals surface area contributed by atoms with Gasteiger partial charge in [-0.3, -0.25) is 0 Å². The van der Waals surface area contributed by atoms with Crippen molar-refractivity contribution in [2.75, 3.05) is 19.8 Å². The number of benzene rings is 1. The van der Waals surface area contributed by atoms with Gasteiger partial charge in [0.1, 0.15) is 16.4 Å². The number of rotatable bonds is 27. The molecular weight excluding hydrogens is 824 g/mol. The molecular formula is C51H75FO4S4. The van der Waals surface area contributed by atoms with Crippen molar-refractivity contribution in [2.24, 2.45) is 11.8 Å². The van der Waals surface area contributed by atoms with Gasteiger partial charge in [0, 0.05) is 30.8 Å². The van der Waals surface area contributed by atoms with Gasteiger partial charge in [-0.25, -0.2) is 9.18 Å². The van der Waals surface area contributed by atoms with Gasteiger partial charge in [0.25, 0.3) is 0 Å². The number of carbonyl (C=O) groups is 1. The Labute approximate surface area is 378 Å². The van der Waals surface area contributed by atoms with Crippen LogP contribution in [0, 0.1) is 17.7 Å². The molecule has 0 aliphatic rings. The van der Waals surface area contributed by atoms with Crippen LogP contribution in [0.3, 0.4) is 0 Å². The highest BCUT2D eigenvalue weighted by atomic mass is 32.1. The summed E-state index contributed by atoms with van der Waals surface area (Å²) in [5.74, 6) is 1.87. The van der Waals surface area contributed by atoms with Crippen molar-refractivity contribution < 1.29 is 23.4 Å². The standard InChI is InChI=1S/C51H75FO4S4/c1-12-19-22-23-24-25-28-54-49(53)47-40(52)39-46(59-47)45(60-48(39)51(10,11)18-7)37-29-35-41(55-31-33(15-4)26-20-13-2)44-36(30-38(58-44)50(8,9)17-6)42(43(35)57-37)56-32-34(16-5)27-21-14-3/h29-30,33-34H,12-28,31-32H2,1-11H3. The molecule has 334 valence electrons. The Bertz CT molecular complexity index is 2060. The third-order valence-electron chi connectivity index (χ3n) is 13.1. The van der Waals surface area contributed by atoms with Gasteiger partial charge in [-0.15, -0.1) is 45.3 Å². The minimum absolute atomic E-state index is 0.0127. The molecule has 2 atom stereocenters. The van der Waals surface area contributed by atoms with Crippen LogP contribution in [0.15, 0.2) is 12.1 Å². The van der Waals surface area contributed by atoms with Crippen molar-refractivity contribution in [3.05, 3.63) is 32.6 Å². The molecule has 2 unspecified atom stereocenters. The van der Waals surface area contributed by atoms with E-state index >= 15 is 4.39 Å². The second kappa shape index (κ2) is 22.4. The first kappa shape index (κ1) is 48.8. The van der Waals surface area contributed by atoms with Crippen molar-refractivity contribution in [2.45, 2.75) is 190 Å². The van der Waals surface area contributed by atoms with Crippen molar-refractivity contribution in [3.63, 3.8) is 0 Å². The highest BCUT2D eigenvalue weighted by Crippen LogP contribution is 2.56. The van der Waals surface area contributed by atoms with Crippen LogP contribution in [0.1, 0.15) is 198 Å². The molecule has 5 aromatic rings. The molecule has 5 rings (SSSR count). The summed E-state index contributed by atoms with van der Waals surface area (Å²) in [5, 5.41) is 2.79. The molecule has 9 heteroatoms. The van der Waals surface area contributed by atoms with Gasteiger partial charge >= 0.3 is 5.97 Å². The lowest BCUT2D eigenvalue weighted by Gasteiger charge is -2.21. The van der Waals surface area contributed by atoms with E-state index < -0.39 is 11.8 Å². The van der Waals surface area contributed by atoms with Crippen molar-refractivity contribution in [1.82, 2.24) is 0 Å². The minimum Gasteiger partial charge on any atom is -0.491 e. The number of halogens is 1. The Kier molecular flexibility index (Phi) is 18.3. The lowest BCUT2D eigenvalue weighted by molar-refractivity contribution is 0.0499. The molecule has 0 radical (unpaired) electrons. The first-order valence-electron chi connectivity index (χ1n) is 23.5. The maximum atomic E-state index is 16.8. The summed E-state index contributed by atoms with van der Waals surface area (Å²) in [6.07, 6.45) is 17.7. The Balaban J connectivity index is 1.70. The van der Waals surface area contributed by atoms with Gasteiger partial charge in [0.05, 0.1) is 38.8 Å². The SMILES string of the molecule is CCCCCCCCOC(=O)c1sc2c(-c3cc4c(OCC(CC)CCCC)c5sc(C(C)(C)CC)cc5c(OCC(CC)CCCC)c4s3)sc(C(C)(C)CC)c2c1F. The smallest absolute Gasteiger partial charge is 0.351 e. The van der Waals surface area contributed by atoms with Gasteiger partial charge in [0.2, 0.25) is 0 Å². The Morgan fingerprint density at radius 3 is 1.77 bits per heavy atom. The Hall–Kier alpha value is -2.20. The zero-order valence-corrected chi connectivity index (χ0v) is 42.2. The monoisotopic (exact) mass is 898 g/mol. The molecule has 4 heterocycles. The second-order valence-corrected chi connectivity index (χ2v) is 22.6. The van der Waals surface area contributed by atoms with E-state index in [4.69, 9.17) is 14.2 Å². The zero-order chi connectivity index (χ0) is 43.6. The predicted octanol–water partition coefficient (Wildman–Crippen LogP) is 18.3. The zero-order valence-electron chi connectivity index (χ0n) is 38.9. The van der Waals surface area contributed by atoms with Gasteiger partial charge in [-0.05, 0) is 66.9 Å². The van der Waals surface area contributed by atoms with Crippen LogP contribution >= 0.6 is 45.3 Å². The Morgan fingerprint density at radius 1 is 0.650 bits per heavy atom. The quantitative estimate of drug-likeness (QED) is 0.0389. The number of carbonyl (C=O) groups excluding carboxylic acids is 1. The van der Waals surface area contributed by atoms with Gasteiger partial charge in [0.15, 0.2) is 5.82 Å². The first-order valence-corrected chi connectivity index (χ1v) is 26.8. The summed E-state index contributed by atoms with van der Waals surface area (Å²) in [7, 11) is 0. The van der Waals surface area contributed by atoms with E-state index in [1.165, 1.54) is 61.2 Å². The molecule has 0 saturated heterocycles. The molecule has 0 aliphatic heterocycles. The molecule has 0 amide bonds. The van der Waals surface area contributed by atoms with E-state index in [0.717, 1.165) is 109 Å². The fraction of sp³-hybridized carbons (Fsp3) is 0.667. The summed E-state index contributed by atoms with van der Waals surface area (Å²) in [4.78, 5) is 18.1. The van der Waals surface area contributed by atoms with Crippen molar-refractivity contribution in [3.8, 4) is 21.3 Å². The second-order valence-electron chi connectivity index (χ2n) is 18.4. The topological polar surface area (TPSA) is 44.8 Å². The number of esters is 1. The predicted molar refractivity (Wildman–Crippen MR) is 264 cm³/mol. The van der Waals surface area contributed by atoms with Crippen molar-refractivity contribution >= 4 is 81.6 Å². The van der Waals surface area contributed by atoms with Crippen LogP contribution in [0.5, 0.6) is 11.5 Å². The lowest BCUT2D eigenvalue weighted by atomic mass is 9.87. The maximum Gasteiger partial charge on any atom is 0.351 e. The summed E-state index contributed by atoms with van der Waals surface area (Å²) >= 11 is 6.54. The van der Waals surface area contributed by atoms with E-state index in [1.54, 1.807) is 22.7 Å². The van der Waals surface area contributed by atoms with Crippen LogP contribution in [0.25, 0.3) is 40.0 Å². The number of hydrogen-bond donors (Lipinski definition) is 0. The average Bonchev–Trinajstić information content (AvgIpc) is 4.04. The molecule has 0 aliphatic carbocycles. The van der Waals surface area contributed by atoms with E-state index in [-0.39, 0.29) is 15.7 Å². The van der Waals surface area contributed by atoms with Crippen LogP contribution in [0.4, 0.5) is 4.39 Å². The third kappa shape index (κ3) is 11.1. The molecule has 1 aromatic carbocycles. The number of unbranched alkanes of at least 4 members (excludes halogenated alkanes) is 7. The molecule has 0 bridgehead atoms. The van der Waals surface area contributed by atoms with Crippen LogP contribution in [-0.4, -0.2) is 25.8 Å². The lowest BCUT2D eigenvalue weighted by Crippen LogP contribution is -2.14. The van der Waals surface area contributed by atoms with E-state index in [0.29, 0.717) is 37.0 Å². The fourth-order valence-electron chi connectivity index (χ4n) is 7.82. The van der Waals surface area contributed by atoms with Gasteiger partial charge < -0.3 is 14.2 Å². The first-order chi connectivity index (χ1) is 28.8. The van der Waals surface area contributed by atoms with Crippen LogP contribution < -0.4 is 9.47 Å². The van der Waals surface area contributed by atoms with Crippen molar-refractivity contribution in [1.29, 1.82) is 0 Å². The highest BCUT2D eigenvalue weighted by molar-refractivity contribution is 7.31.